The minimum Gasteiger partial charge on any atom is -0.296 e. The smallest absolute Gasteiger partial charge is 0.254 e. The van der Waals surface area contributed by atoms with E-state index >= 15 is 0 Å². The van der Waals surface area contributed by atoms with Gasteiger partial charge in [-0.05, 0) is 32.3 Å². The third kappa shape index (κ3) is 2.46. The molecule has 0 saturated carbocycles. The summed E-state index contributed by atoms with van der Waals surface area (Å²) in [4.78, 5) is 27.0. The highest BCUT2D eigenvalue weighted by Gasteiger charge is 2.48. The molecule has 1 aromatic rings. The summed E-state index contributed by atoms with van der Waals surface area (Å²) in [5.74, 6) is -0.822. The molecule has 19 heavy (non-hydrogen) atoms. The molecule has 0 radical (unpaired) electrons. The molecule has 0 aromatic heterocycles. The van der Waals surface area contributed by atoms with Crippen LogP contribution in [0, 0.1) is 0 Å². The van der Waals surface area contributed by atoms with Crippen LogP contribution < -0.4 is 4.90 Å². The molecule has 1 saturated heterocycles. The van der Waals surface area contributed by atoms with E-state index in [2.05, 4.69) is 0 Å². The van der Waals surface area contributed by atoms with Gasteiger partial charge in [0.15, 0.2) is 0 Å². The van der Waals surface area contributed by atoms with Crippen LogP contribution in [0.2, 0.25) is 10.0 Å². The Morgan fingerprint density at radius 2 is 1.74 bits per heavy atom. The van der Waals surface area contributed by atoms with Gasteiger partial charge in [0.2, 0.25) is 0 Å². The van der Waals surface area contributed by atoms with Crippen molar-refractivity contribution in [2.45, 2.75) is 11.4 Å². The normalized spacial score (nSPS) is 23.6. The number of anilines is 1. The maximum Gasteiger partial charge on any atom is 0.254 e. The zero-order valence-corrected chi connectivity index (χ0v) is 12.5. The van der Waals surface area contributed by atoms with E-state index in [9.17, 15) is 9.59 Å². The molecule has 0 aliphatic carbocycles. The molecule has 1 fully saturated rings. The Morgan fingerprint density at radius 3 is 2.21 bits per heavy atom. The third-order valence-electron chi connectivity index (χ3n) is 2.92. The summed E-state index contributed by atoms with van der Waals surface area (Å²) >= 11 is 17.7. The molecule has 2 rings (SSSR count). The van der Waals surface area contributed by atoms with Crippen LogP contribution in [0.15, 0.2) is 18.2 Å². The van der Waals surface area contributed by atoms with Crippen molar-refractivity contribution in [1.82, 2.24) is 4.90 Å². The van der Waals surface area contributed by atoms with Gasteiger partial charge < -0.3 is 0 Å². The Bertz CT molecular complexity index is 548. The first-order valence-corrected chi connectivity index (χ1v) is 6.67. The van der Waals surface area contributed by atoms with Crippen molar-refractivity contribution in [2.75, 3.05) is 19.0 Å². The summed E-state index contributed by atoms with van der Waals surface area (Å²) < 4.78 is 0. The molecule has 2 atom stereocenters. The first kappa shape index (κ1) is 14.6. The molecule has 4 nitrogen and oxygen atoms in total. The topological polar surface area (TPSA) is 40.6 Å². The van der Waals surface area contributed by atoms with Crippen LogP contribution in [0.3, 0.4) is 0 Å². The second kappa shape index (κ2) is 5.29. The second-order valence-corrected chi connectivity index (χ2v) is 5.71. The second-order valence-electron chi connectivity index (χ2n) is 4.42. The van der Waals surface area contributed by atoms with Gasteiger partial charge in [0.05, 0.1) is 15.7 Å². The van der Waals surface area contributed by atoms with E-state index < -0.39 is 17.3 Å². The van der Waals surface area contributed by atoms with Crippen LogP contribution >= 0.6 is 34.8 Å². The molecule has 0 bridgehead atoms. The summed E-state index contributed by atoms with van der Waals surface area (Å²) in [6.07, 6.45) is 0. The minimum atomic E-state index is -0.906. The van der Waals surface area contributed by atoms with E-state index in [1.54, 1.807) is 25.1 Å². The average Bonchev–Trinajstić information content (AvgIpc) is 2.54. The lowest BCUT2D eigenvalue weighted by Gasteiger charge is -2.19. The predicted molar refractivity (Wildman–Crippen MR) is 76.1 cm³/mol. The highest BCUT2D eigenvalue weighted by molar-refractivity contribution is 6.44. The van der Waals surface area contributed by atoms with Crippen molar-refractivity contribution in [3.05, 3.63) is 28.2 Å². The summed E-state index contributed by atoms with van der Waals surface area (Å²) in [6, 6.07) is 3.89. The van der Waals surface area contributed by atoms with Gasteiger partial charge in [-0.1, -0.05) is 23.2 Å². The molecule has 102 valence electrons. The van der Waals surface area contributed by atoms with Crippen LogP contribution in [0.1, 0.15) is 0 Å². The van der Waals surface area contributed by atoms with Crippen LogP contribution in [0.4, 0.5) is 5.69 Å². The molecule has 7 heteroatoms. The van der Waals surface area contributed by atoms with E-state index in [-0.39, 0.29) is 10.9 Å². The van der Waals surface area contributed by atoms with Gasteiger partial charge in [-0.15, -0.1) is 11.6 Å². The highest BCUT2D eigenvalue weighted by atomic mass is 35.5. The number of hydrogen-bond acceptors (Lipinski definition) is 3. The molecule has 2 amide bonds. The monoisotopic (exact) mass is 320 g/mol. The molecule has 1 heterocycles. The molecule has 1 aromatic carbocycles. The fourth-order valence-corrected chi connectivity index (χ4v) is 2.71. The maximum absolute atomic E-state index is 12.3. The Kier molecular flexibility index (Phi) is 4.06. The molecular weight excluding hydrogens is 311 g/mol. The number of rotatable bonds is 2. The predicted octanol–water partition coefficient (Wildman–Crippen LogP) is 2.40. The first-order chi connectivity index (χ1) is 8.84. The number of benzene rings is 1. The summed E-state index contributed by atoms with van der Waals surface area (Å²) in [5, 5.41) is -0.271. The fourth-order valence-electron chi connectivity index (χ4n) is 1.99. The lowest BCUT2D eigenvalue weighted by molar-refractivity contribution is -0.122. The number of imide groups is 1. The standard InChI is InChI=1S/C12H11Cl3N2O2/c1-16(2)10-9(15)11(18)17(12(10)19)6-3-4-7(13)8(14)5-6/h3-5,9-10H,1-2H3. The number of alkyl halides is 1. The number of carbonyl (C=O) groups is 2. The molecule has 1 aliphatic rings. The van der Waals surface area contributed by atoms with Crippen molar-refractivity contribution in [3.63, 3.8) is 0 Å². The number of likely N-dealkylation sites (N-methyl/N-ethyl adjacent to an activating group) is 1. The van der Waals surface area contributed by atoms with E-state index in [1.807, 2.05) is 0 Å². The van der Waals surface area contributed by atoms with Gasteiger partial charge in [-0.25, -0.2) is 4.90 Å². The van der Waals surface area contributed by atoms with E-state index in [0.29, 0.717) is 10.7 Å². The summed E-state index contributed by atoms with van der Waals surface area (Å²) in [7, 11) is 3.40. The number of nitrogens with zero attached hydrogens (tertiary/aromatic N) is 2. The zero-order valence-electron chi connectivity index (χ0n) is 10.2. The Morgan fingerprint density at radius 1 is 1.11 bits per heavy atom. The molecule has 0 spiro atoms. The average molecular weight is 322 g/mol. The number of hydrogen-bond donors (Lipinski definition) is 0. The van der Waals surface area contributed by atoms with E-state index in [4.69, 9.17) is 34.8 Å². The van der Waals surface area contributed by atoms with E-state index in [0.717, 1.165) is 4.90 Å². The largest absolute Gasteiger partial charge is 0.296 e. The zero-order chi connectivity index (χ0) is 14.3. The van der Waals surface area contributed by atoms with Gasteiger partial charge >= 0.3 is 0 Å². The van der Waals surface area contributed by atoms with Gasteiger partial charge in [-0.3, -0.25) is 14.5 Å². The summed E-state index contributed by atoms with van der Waals surface area (Å²) in [6.45, 7) is 0. The van der Waals surface area contributed by atoms with Crippen molar-refractivity contribution in [2.24, 2.45) is 0 Å². The number of carbonyl (C=O) groups excluding carboxylic acids is 2. The van der Waals surface area contributed by atoms with Crippen molar-refractivity contribution < 1.29 is 9.59 Å². The van der Waals surface area contributed by atoms with Crippen LogP contribution in [-0.4, -0.2) is 42.2 Å². The van der Waals surface area contributed by atoms with Crippen LogP contribution in [-0.2, 0) is 9.59 Å². The molecular formula is C12H11Cl3N2O2. The van der Waals surface area contributed by atoms with Crippen molar-refractivity contribution in [3.8, 4) is 0 Å². The third-order valence-corrected chi connectivity index (χ3v) is 4.09. The fraction of sp³-hybridized carbons (Fsp3) is 0.333. The minimum absolute atomic E-state index is 0.277. The van der Waals surface area contributed by atoms with Crippen molar-refractivity contribution in [1.29, 1.82) is 0 Å². The Hall–Kier alpha value is -0.810. The Balaban J connectivity index is 2.42. The lowest BCUT2D eigenvalue weighted by atomic mass is 10.2. The van der Waals surface area contributed by atoms with Gasteiger partial charge in [0, 0.05) is 0 Å². The van der Waals surface area contributed by atoms with Crippen molar-refractivity contribution >= 4 is 52.3 Å². The molecule has 2 unspecified atom stereocenters. The van der Waals surface area contributed by atoms with Crippen LogP contribution in [0.25, 0.3) is 0 Å². The van der Waals surface area contributed by atoms with Gasteiger partial charge in [0.1, 0.15) is 11.4 Å². The SMILES string of the molecule is CN(C)C1C(=O)N(c2ccc(Cl)c(Cl)c2)C(=O)C1Cl. The first-order valence-electron chi connectivity index (χ1n) is 5.48. The van der Waals surface area contributed by atoms with Gasteiger partial charge in [-0.2, -0.15) is 0 Å². The number of amides is 2. The molecule has 0 N–H and O–H groups in total. The number of halogens is 3. The molecule has 1 aliphatic heterocycles. The van der Waals surface area contributed by atoms with Gasteiger partial charge in [0.25, 0.3) is 11.8 Å². The van der Waals surface area contributed by atoms with Crippen LogP contribution in [0.5, 0.6) is 0 Å². The summed E-state index contributed by atoms with van der Waals surface area (Å²) in [5.41, 5.74) is 0.374. The Labute approximate surface area is 125 Å². The maximum atomic E-state index is 12.3. The highest BCUT2D eigenvalue weighted by Crippen LogP contribution is 2.32. The quantitative estimate of drug-likeness (QED) is 0.620. The lowest BCUT2D eigenvalue weighted by Crippen LogP contribution is -2.40. The van der Waals surface area contributed by atoms with E-state index in [1.165, 1.54) is 12.1 Å².